The van der Waals surface area contributed by atoms with Crippen LogP contribution in [0.25, 0.3) is 10.8 Å². The number of morpholine rings is 1. The average Bonchev–Trinajstić information content (AvgIpc) is 4.09. The molecule has 2 aliphatic carbocycles. The number of benzene rings is 1. The Morgan fingerprint density at radius 2 is 1.82 bits per heavy atom. The van der Waals surface area contributed by atoms with Crippen LogP contribution in [0.5, 0.6) is 11.6 Å². The highest BCUT2D eigenvalue weighted by molar-refractivity contribution is 7.91. The first-order valence-corrected chi connectivity index (χ1v) is 21.1. The largest absolute Gasteiger partial charge is 0.497 e. The molecule has 17 nitrogen and oxygen atoms in total. The number of hydrogen-bond acceptors (Lipinski definition) is 13. The zero-order chi connectivity index (χ0) is 40.5. The van der Waals surface area contributed by atoms with E-state index >= 15 is 0 Å². The van der Waals surface area contributed by atoms with E-state index in [9.17, 15) is 27.6 Å². The average molecular weight is 813 g/mol. The van der Waals surface area contributed by atoms with Gasteiger partial charge in [-0.3, -0.25) is 19.1 Å². The number of methoxy groups -OCH3 is 1. The van der Waals surface area contributed by atoms with Gasteiger partial charge in [-0.2, -0.15) is 4.98 Å². The van der Waals surface area contributed by atoms with E-state index in [2.05, 4.69) is 20.3 Å². The lowest BCUT2D eigenvalue weighted by Crippen LogP contribution is -2.58. The van der Waals surface area contributed by atoms with Gasteiger partial charge in [-0.15, -0.1) is 0 Å². The van der Waals surface area contributed by atoms with Gasteiger partial charge in [0.05, 0.1) is 38.7 Å². The summed E-state index contributed by atoms with van der Waals surface area (Å²) in [6.07, 6.45) is 3.58. The van der Waals surface area contributed by atoms with E-state index in [0.717, 1.165) is 5.39 Å². The predicted octanol–water partition coefficient (Wildman–Crippen LogP) is 2.17. The summed E-state index contributed by atoms with van der Waals surface area (Å²) in [5.41, 5.74) is -2.41. The van der Waals surface area contributed by atoms with Crippen molar-refractivity contribution in [3.8, 4) is 11.6 Å². The van der Waals surface area contributed by atoms with Gasteiger partial charge in [0.25, 0.3) is 5.91 Å². The Balaban J connectivity index is 1.21. The maximum atomic E-state index is 14.6. The quantitative estimate of drug-likeness (QED) is 0.328. The minimum absolute atomic E-state index is 0.0134. The zero-order valence-electron chi connectivity index (χ0n) is 32.8. The highest BCUT2D eigenvalue weighted by Gasteiger charge is 2.62. The first-order chi connectivity index (χ1) is 27.2. The van der Waals surface area contributed by atoms with Gasteiger partial charge >= 0.3 is 6.09 Å². The summed E-state index contributed by atoms with van der Waals surface area (Å²) in [5.74, 6) is -0.941. The first kappa shape index (κ1) is 40.5. The number of amides is 4. The van der Waals surface area contributed by atoms with Gasteiger partial charge in [0.15, 0.2) is 0 Å². The number of rotatable bonds is 8. The van der Waals surface area contributed by atoms with Crippen LogP contribution in [0.4, 0.5) is 10.6 Å². The molecular formula is C39H52N6O11S. The summed E-state index contributed by atoms with van der Waals surface area (Å²) in [4.78, 5) is 64.3. The van der Waals surface area contributed by atoms with E-state index in [1.807, 2.05) is 18.2 Å². The monoisotopic (exact) mass is 812 g/mol. The molecule has 0 spiro atoms. The number of sulfonamides is 1. The van der Waals surface area contributed by atoms with Gasteiger partial charge in [-0.05, 0) is 82.5 Å². The molecule has 4 fully saturated rings. The molecule has 57 heavy (non-hydrogen) atoms. The van der Waals surface area contributed by atoms with Crippen LogP contribution in [-0.2, 0) is 38.6 Å². The molecule has 0 radical (unpaired) electrons. The van der Waals surface area contributed by atoms with E-state index < -0.39 is 74.3 Å². The van der Waals surface area contributed by atoms with Crippen LogP contribution in [-0.4, -0.2) is 130 Å². The Bertz CT molecular complexity index is 2010. The molecule has 7 rings (SSSR count). The summed E-state index contributed by atoms with van der Waals surface area (Å²) < 4.78 is 56.9. The molecule has 2 saturated heterocycles. The number of carbonyl (C=O) groups is 4. The van der Waals surface area contributed by atoms with Crippen molar-refractivity contribution in [2.75, 3.05) is 58.1 Å². The smallest absolute Gasteiger partial charge is 0.408 e. The molecule has 2 saturated carbocycles. The second-order valence-electron chi connectivity index (χ2n) is 16.2. The summed E-state index contributed by atoms with van der Waals surface area (Å²) in [6, 6.07) is 5.23. The number of hydrogen-bond donors (Lipinski definition) is 3. The molecule has 3 aliphatic heterocycles. The number of pyridine rings is 1. The number of nitrogens with one attached hydrogen (secondary N) is 3. The van der Waals surface area contributed by atoms with Gasteiger partial charge in [0.1, 0.15) is 40.9 Å². The number of ether oxygens (including phenoxy) is 5. The Hall–Kier alpha value is -4.68. The topological polar surface area (TPSA) is 204 Å². The molecule has 4 amide bonds. The van der Waals surface area contributed by atoms with Crippen molar-refractivity contribution in [1.82, 2.24) is 25.2 Å². The normalized spacial score (nSPS) is 27.9. The SMILES string of the molecule is COc1ccc2c(OC3C[C@H]4C(=O)N[C@]5(C(=O)NS(=O)(=O)C6CC6)CC5/C=C\COCCC[C@H](NC(=O)OC(C)(C)C)C(=O)N4C3)nc(N3CCOCC3)cc2c1. The van der Waals surface area contributed by atoms with Crippen molar-refractivity contribution >= 4 is 50.4 Å². The fraction of sp³-hybridized carbons (Fsp3) is 0.615. The van der Waals surface area contributed by atoms with Crippen LogP contribution in [0.1, 0.15) is 59.3 Å². The minimum atomic E-state index is -3.93. The molecule has 1 aromatic heterocycles. The first-order valence-electron chi connectivity index (χ1n) is 19.6. The van der Waals surface area contributed by atoms with Crippen molar-refractivity contribution in [3.05, 3.63) is 36.4 Å². The second-order valence-corrected chi connectivity index (χ2v) is 18.2. The number of alkyl carbamates (subject to hydrolysis) is 1. The third-order valence-electron chi connectivity index (χ3n) is 10.8. The number of fused-ring (bicyclic) bond motifs is 3. The highest BCUT2D eigenvalue weighted by Crippen LogP contribution is 2.46. The van der Waals surface area contributed by atoms with Crippen LogP contribution >= 0.6 is 0 Å². The van der Waals surface area contributed by atoms with Crippen LogP contribution in [0, 0.1) is 5.92 Å². The van der Waals surface area contributed by atoms with Gasteiger partial charge in [0.2, 0.25) is 27.7 Å². The van der Waals surface area contributed by atoms with Crippen molar-refractivity contribution in [1.29, 1.82) is 0 Å². The number of aromatic nitrogens is 1. The van der Waals surface area contributed by atoms with E-state index in [0.29, 0.717) is 68.4 Å². The standard InChI is InChI=1S/C39H52N6O11S/c1-38(2,3)56-37(49)40-30-8-6-16-53-15-5-7-25-22-39(25,36(48)43-57(50,51)28-10-11-28)42-33(46)31-21-27(23-45(31)35(30)47)55-34-29-12-9-26(52-4)19-24(29)20-32(41-34)44-13-17-54-18-14-44/h5,7,9,12,19-20,25,27-28,30-31H,6,8,10-11,13-18,21-23H2,1-4H3,(H,40,49)(H,42,46)(H,43,48)/b7-5-/t25?,27?,30-,31-,39+/m0/s1. The van der Waals surface area contributed by atoms with Gasteiger partial charge < -0.3 is 44.1 Å². The third-order valence-corrected chi connectivity index (χ3v) is 12.6. The van der Waals surface area contributed by atoms with Crippen LogP contribution in [0.15, 0.2) is 36.4 Å². The number of anilines is 1. The van der Waals surface area contributed by atoms with Crippen molar-refractivity contribution in [2.24, 2.45) is 5.92 Å². The van der Waals surface area contributed by atoms with Gasteiger partial charge in [0, 0.05) is 37.4 Å². The van der Waals surface area contributed by atoms with Crippen LogP contribution in [0.3, 0.4) is 0 Å². The molecule has 4 heterocycles. The lowest BCUT2D eigenvalue weighted by molar-refractivity contribution is -0.141. The minimum Gasteiger partial charge on any atom is -0.497 e. The van der Waals surface area contributed by atoms with Crippen LogP contribution < -0.4 is 29.7 Å². The van der Waals surface area contributed by atoms with Crippen molar-refractivity contribution in [2.45, 2.75) is 93.9 Å². The molecule has 2 unspecified atom stereocenters. The molecular weight excluding hydrogens is 761 g/mol. The molecule has 310 valence electrons. The summed E-state index contributed by atoms with van der Waals surface area (Å²) in [5, 5.41) is 6.42. The third kappa shape index (κ3) is 9.39. The van der Waals surface area contributed by atoms with E-state index in [1.54, 1.807) is 46.1 Å². The lowest BCUT2D eigenvalue weighted by Gasteiger charge is -2.30. The summed E-state index contributed by atoms with van der Waals surface area (Å²) in [7, 11) is -2.34. The Labute approximate surface area is 332 Å². The molecule has 18 heteroatoms. The fourth-order valence-corrected chi connectivity index (χ4v) is 8.89. The lowest BCUT2D eigenvalue weighted by atomic mass is 10.1. The van der Waals surface area contributed by atoms with E-state index in [1.165, 1.54) is 4.90 Å². The van der Waals surface area contributed by atoms with Gasteiger partial charge in [-0.1, -0.05) is 12.2 Å². The fourth-order valence-electron chi connectivity index (χ4n) is 7.53. The molecule has 1 aromatic carbocycles. The Kier molecular flexibility index (Phi) is 11.6. The molecule has 5 atom stereocenters. The van der Waals surface area contributed by atoms with Crippen molar-refractivity contribution < 1.29 is 51.3 Å². The predicted molar refractivity (Wildman–Crippen MR) is 207 cm³/mol. The molecule has 3 N–H and O–H groups in total. The van der Waals surface area contributed by atoms with E-state index in [-0.39, 0.29) is 39.0 Å². The maximum absolute atomic E-state index is 14.6. The highest BCUT2D eigenvalue weighted by atomic mass is 32.2. The van der Waals surface area contributed by atoms with E-state index in [4.69, 9.17) is 28.7 Å². The number of nitrogens with zero attached hydrogens (tertiary/aromatic N) is 3. The zero-order valence-corrected chi connectivity index (χ0v) is 33.6. The number of carbonyl (C=O) groups excluding carboxylic acids is 4. The van der Waals surface area contributed by atoms with Crippen molar-refractivity contribution in [3.63, 3.8) is 0 Å². The molecule has 5 aliphatic rings. The van der Waals surface area contributed by atoms with Crippen LogP contribution in [0.2, 0.25) is 0 Å². The molecule has 2 aromatic rings. The molecule has 0 bridgehead atoms. The Morgan fingerprint density at radius 1 is 1.05 bits per heavy atom. The summed E-state index contributed by atoms with van der Waals surface area (Å²) in [6.45, 7) is 7.86. The van der Waals surface area contributed by atoms with Gasteiger partial charge in [-0.25, -0.2) is 13.2 Å². The summed E-state index contributed by atoms with van der Waals surface area (Å²) >= 11 is 0. The Morgan fingerprint density at radius 3 is 2.54 bits per heavy atom. The maximum Gasteiger partial charge on any atom is 0.408 e. The second kappa shape index (κ2) is 16.3.